The number of aromatic nitrogens is 1. The van der Waals surface area contributed by atoms with Crippen LogP contribution in [0.4, 0.5) is 5.13 Å². The number of benzene rings is 2. The molecule has 0 spiro atoms. The number of aryl methyl sites for hydroxylation is 1. The number of rotatable bonds is 6. The molecule has 0 aliphatic carbocycles. The fourth-order valence-corrected chi connectivity index (χ4v) is 4.83. The third-order valence-electron chi connectivity index (χ3n) is 4.37. The molecule has 156 valence electrons. The van der Waals surface area contributed by atoms with E-state index in [4.69, 9.17) is 0 Å². The molecule has 29 heavy (non-hydrogen) atoms. The van der Waals surface area contributed by atoms with E-state index in [-0.39, 0.29) is 28.8 Å². The van der Waals surface area contributed by atoms with Crippen LogP contribution in [0, 0.1) is 6.92 Å². The quantitative estimate of drug-likeness (QED) is 0.569. The van der Waals surface area contributed by atoms with Crippen molar-refractivity contribution >= 4 is 54.8 Å². The number of halogens is 1. The van der Waals surface area contributed by atoms with E-state index < -0.39 is 9.84 Å². The Balaban J connectivity index is 0.00000300. The first-order chi connectivity index (χ1) is 13.2. The molecule has 0 radical (unpaired) electrons. The summed E-state index contributed by atoms with van der Waals surface area (Å²) in [4.78, 5) is 21.7. The minimum absolute atomic E-state index is 0. The van der Waals surface area contributed by atoms with Gasteiger partial charge in [-0.2, -0.15) is 0 Å². The van der Waals surface area contributed by atoms with Crippen molar-refractivity contribution in [3.63, 3.8) is 0 Å². The lowest BCUT2D eigenvalue weighted by molar-refractivity contribution is 0.0982. The SMILES string of the molecule is Cc1cccc2sc(N(CCN(C)C)C(=O)c3ccccc3S(C)(=O)=O)nc12.Cl. The third kappa shape index (κ3) is 5.14. The second kappa shape index (κ2) is 9.21. The van der Waals surface area contributed by atoms with Gasteiger partial charge < -0.3 is 4.90 Å². The summed E-state index contributed by atoms with van der Waals surface area (Å²) in [7, 11) is 0.321. The first-order valence-electron chi connectivity index (χ1n) is 8.80. The van der Waals surface area contributed by atoms with Gasteiger partial charge in [0.05, 0.1) is 20.7 Å². The molecule has 3 aromatic rings. The van der Waals surface area contributed by atoms with Crippen molar-refractivity contribution in [2.24, 2.45) is 0 Å². The molecule has 0 fully saturated rings. The van der Waals surface area contributed by atoms with Gasteiger partial charge in [-0.1, -0.05) is 35.6 Å². The number of fused-ring (bicyclic) bond motifs is 1. The molecule has 9 heteroatoms. The van der Waals surface area contributed by atoms with Gasteiger partial charge in [0, 0.05) is 19.3 Å². The second-order valence-corrected chi connectivity index (χ2v) is 9.94. The number of para-hydroxylation sites is 1. The second-order valence-electron chi connectivity index (χ2n) is 6.95. The van der Waals surface area contributed by atoms with Crippen molar-refractivity contribution < 1.29 is 13.2 Å². The minimum atomic E-state index is -3.53. The Morgan fingerprint density at radius 2 is 1.76 bits per heavy atom. The predicted molar refractivity (Wildman–Crippen MR) is 121 cm³/mol. The number of hydrogen-bond donors (Lipinski definition) is 0. The van der Waals surface area contributed by atoms with Crippen LogP contribution in [0.2, 0.25) is 0 Å². The van der Waals surface area contributed by atoms with Gasteiger partial charge in [-0.05, 0) is 44.8 Å². The lowest BCUT2D eigenvalue weighted by Gasteiger charge is -2.22. The Labute approximate surface area is 181 Å². The zero-order valence-corrected chi connectivity index (χ0v) is 19.2. The van der Waals surface area contributed by atoms with Gasteiger partial charge in [0.25, 0.3) is 5.91 Å². The van der Waals surface area contributed by atoms with Crippen LogP contribution < -0.4 is 4.90 Å². The van der Waals surface area contributed by atoms with Crippen molar-refractivity contribution in [3.05, 3.63) is 53.6 Å². The van der Waals surface area contributed by atoms with E-state index in [0.717, 1.165) is 22.0 Å². The Morgan fingerprint density at radius 1 is 1.07 bits per heavy atom. The Bertz CT molecular complexity index is 1130. The molecule has 0 aliphatic rings. The summed E-state index contributed by atoms with van der Waals surface area (Å²) in [6.45, 7) is 3.02. The summed E-state index contributed by atoms with van der Waals surface area (Å²) in [5.41, 5.74) is 2.07. The molecule has 6 nitrogen and oxygen atoms in total. The highest BCUT2D eigenvalue weighted by Gasteiger charge is 2.26. The highest BCUT2D eigenvalue weighted by Crippen LogP contribution is 2.32. The number of carbonyl (C=O) groups is 1. The predicted octanol–water partition coefficient (Wildman–Crippen LogP) is 3.64. The fourth-order valence-electron chi connectivity index (χ4n) is 2.89. The topological polar surface area (TPSA) is 70.6 Å². The van der Waals surface area contributed by atoms with E-state index in [0.29, 0.717) is 18.2 Å². The Kier molecular flexibility index (Phi) is 7.40. The highest BCUT2D eigenvalue weighted by molar-refractivity contribution is 7.90. The zero-order valence-electron chi connectivity index (χ0n) is 16.7. The van der Waals surface area contributed by atoms with Crippen LogP contribution in [0.25, 0.3) is 10.2 Å². The van der Waals surface area contributed by atoms with Gasteiger partial charge in [0.1, 0.15) is 0 Å². The molecule has 1 amide bonds. The maximum absolute atomic E-state index is 13.4. The maximum atomic E-state index is 13.4. The van der Waals surface area contributed by atoms with Gasteiger partial charge in [-0.3, -0.25) is 9.69 Å². The molecule has 1 heterocycles. The van der Waals surface area contributed by atoms with Crippen LogP contribution in [0.5, 0.6) is 0 Å². The van der Waals surface area contributed by atoms with E-state index in [2.05, 4.69) is 4.98 Å². The molecule has 2 aromatic carbocycles. The largest absolute Gasteiger partial charge is 0.308 e. The normalized spacial score (nSPS) is 11.5. The Morgan fingerprint density at radius 3 is 2.38 bits per heavy atom. The molecule has 1 aromatic heterocycles. The van der Waals surface area contributed by atoms with E-state index in [9.17, 15) is 13.2 Å². The molecule has 0 saturated carbocycles. The molecule has 0 aliphatic heterocycles. The molecule has 3 rings (SSSR count). The van der Waals surface area contributed by atoms with Gasteiger partial charge in [-0.25, -0.2) is 13.4 Å². The minimum Gasteiger partial charge on any atom is -0.308 e. The van der Waals surface area contributed by atoms with E-state index in [1.165, 1.54) is 17.4 Å². The first kappa shape index (κ1) is 23.3. The molecule has 0 unspecified atom stereocenters. The molecular formula is C20H24ClN3O3S2. The van der Waals surface area contributed by atoms with Crippen molar-refractivity contribution in [2.45, 2.75) is 11.8 Å². The number of nitrogens with zero attached hydrogens (tertiary/aromatic N) is 3. The average Bonchev–Trinajstić information content (AvgIpc) is 3.06. The van der Waals surface area contributed by atoms with Gasteiger partial charge in [0.15, 0.2) is 15.0 Å². The van der Waals surface area contributed by atoms with Crippen LogP contribution in [0.15, 0.2) is 47.4 Å². The molecular weight excluding hydrogens is 430 g/mol. The van der Waals surface area contributed by atoms with Crippen LogP contribution in [0.3, 0.4) is 0 Å². The fraction of sp³-hybridized carbons (Fsp3) is 0.300. The van der Waals surface area contributed by atoms with E-state index in [1.807, 2.05) is 44.1 Å². The first-order valence-corrected chi connectivity index (χ1v) is 11.5. The lowest BCUT2D eigenvalue weighted by Crippen LogP contribution is -2.37. The van der Waals surface area contributed by atoms with Crippen molar-refractivity contribution in [1.29, 1.82) is 0 Å². The lowest BCUT2D eigenvalue weighted by atomic mass is 10.2. The number of carbonyl (C=O) groups excluding carboxylic acids is 1. The van der Waals surface area contributed by atoms with E-state index in [1.54, 1.807) is 23.1 Å². The molecule has 0 N–H and O–H groups in total. The Hall–Kier alpha value is -2.00. The summed E-state index contributed by atoms with van der Waals surface area (Å²) < 4.78 is 25.3. The summed E-state index contributed by atoms with van der Waals surface area (Å²) in [5, 5.41) is 0.569. The van der Waals surface area contributed by atoms with Crippen molar-refractivity contribution in [2.75, 3.05) is 38.3 Å². The van der Waals surface area contributed by atoms with Crippen LogP contribution in [-0.4, -0.2) is 57.6 Å². The van der Waals surface area contributed by atoms with Crippen molar-refractivity contribution in [3.8, 4) is 0 Å². The maximum Gasteiger partial charge on any atom is 0.261 e. The van der Waals surface area contributed by atoms with Crippen LogP contribution in [0.1, 0.15) is 15.9 Å². The van der Waals surface area contributed by atoms with Crippen molar-refractivity contribution in [1.82, 2.24) is 9.88 Å². The van der Waals surface area contributed by atoms with Crippen LogP contribution >= 0.6 is 23.7 Å². The van der Waals surface area contributed by atoms with Gasteiger partial charge in [-0.15, -0.1) is 12.4 Å². The number of sulfone groups is 1. The summed E-state index contributed by atoms with van der Waals surface area (Å²) >= 11 is 1.43. The summed E-state index contributed by atoms with van der Waals surface area (Å²) in [5.74, 6) is -0.361. The monoisotopic (exact) mass is 453 g/mol. The van der Waals surface area contributed by atoms with Crippen LogP contribution in [-0.2, 0) is 9.84 Å². The molecule has 0 saturated heterocycles. The smallest absolute Gasteiger partial charge is 0.261 e. The summed E-state index contributed by atoms with van der Waals surface area (Å²) in [6.07, 6.45) is 1.12. The number of likely N-dealkylation sites (N-methyl/N-ethyl adjacent to an activating group) is 1. The average molecular weight is 454 g/mol. The van der Waals surface area contributed by atoms with Gasteiger partial charge in [0.2, 0.25) is 0 Å². The number of anilines is 1. The number of amides is 1. The van der Waals surface area contributed by atoms with E-state index >= 15 is 0 Å². The number of hydrogen-bond acceptors (Lipinski definition) is 6. The zero-order chi connectivity index (χ0) is 20.5. The third-order valence-corrected chi connectivity index (χ3v) is 6.57. The van der Waals surface area contributed by atoms with Gasteiger partial charge >= 0.3 is 0 Å². The highest BCUT2D eigenvalue weighted by atomic mass is 35.5. The number of thiazole rings is 1. The molecule has 0 bridgehead atoms. The molecule has 0 atom stereocenters. The summed E-state index contributed by atoms with van der Waals surface area (Å²) in [6, 6.07) is 12.2. The standard InChI is InChI=1S/C20H23N3O3S2.ClH/c1-14-8-7-10-16-18(14)21-20(27-16)23(13-12-22(2)3)19(24)15-9-5-6-11-17(15)28(4,25)26;/h5-11H,12-13H2,1-4H3;1H.